The summed E-state index contributed by atoms with van der Waals surface area (Å²) in [6.07, 6.45) is 0. The van der Waals surface area contributed by atoms with Gasteiger partial charge in [0, 0.05) is 6.54 Å². The van der Waals surface area contributed by atoms with E-state index in [1.54, 1.807) is 12.1 Å². The molecule has 0 saturated heterocycles. The fourth-order valence-corrected chi connectivity index (χ4v) is 0.927. The maximum atomic E-state index is 9.34. The molecule has 0 fully saturated rings. The second-order valence-corrected chi connectivity index (χ2v) is 2.94. The molecule has 0 atom stereocenters. The summed E-state index contributed by atoms with van der Waals surface area (Å²) in [5.41, 5.74) is 6.07. The molecule has 1 heterocycles. The van der Waals surface area contributed by atoms with Gasteiger partial charge in [-0.2, -0.15) is 0 Å². The van der Waals surface area contributed by atoms with Crippen LogP contribution in [-0.2, 0) is 6.54 Å². The predicted octanol–water partition coefficient (Wildman–Crippen LogP) is 0.431. The van der Waals surface area contributed by atoms with Crippen molar-refractivity contribution >= 4 is 5.82 Å². The van der Waals surface area contributed by atoms with E-state index in [-0.39, 0.29) is 5.75 Å². The van der Waals surface area contributed by atoms with Crippen LogP contribution in [0.3, 0.4) is 0 Å². The lowest BCUT2D eigenvalue weighted by Gasteiger charge is -2.10. The van der Waals surface area contributed by atoms with Gasteiger partial charge in [0.25, 0.3) is 0 Å². The molecule has 0 aromatic carbocycles. The molecule has 66 valence electrons. The molecular formula is C8H13N3O. The monoisotopic (exact) mass is 167 g/mol. The molecule has 1 rings (SSSR count). The number of aromatic nitrogens is 1. The number of nitrogens with two attached hydrogens (primary N) is 1. The Morgan fingerprint density at radius 3 is 2.75 bits per heavy atom. The van der Waals surface area contributed by atoms with Crippen molar-refractivity contribution in [2.45, 2.75) is 6.54 Å². The first-order chi connectivity index (χ1) is 5.59. The molecule has 1 aromatic heterocycles. The van der Waals surface area contributed by atoms with Crippen molar-refractivity contribution in [2.75, 3.05) is 19.8 Å². The van der Waals surface area contributed by atoms with Crippen molar-refractivity contribution in [3.05, 3.63) is 17.8 Å². The number of hydrogen-bond acceptors (Lipinski definition) is 4. The maximum absolute atomic E-state index is 9.34. The lowest BCUT2D eigenvalue weighted by atomic mass is 10.3. The lowest BCUT2D eigenvalue weighted by molar-refractivity contribution is 0.379. The molecule has 0 aliphatic heterocycles. The smallest absolute Gasteiger partial charge is 0.138 e. The summed E-state index contributed by atoms with van der Waals surface area (Å²) in [5, 5.41) is 9.34. The van der Waals surface area contributed by atoms with Crippen molar-refractivity contribution < 1.29 is 5.11 Å². The van der Waals surface area contributed by atoms with E-state index in [2.05, 4.69) is 4.98 Å². The van der Waals surface area contributed by atoms with E-state index < -0.39 is 0 Å². The summed E-state index contributed by atoms with van der Waals surface area (Å²) < 4.78 is 0. The fourth-order valence-electron chi connectivity index (χ4n) is 0.927. The highest BCUT2D eigenvalue weighted by atomic mass is 16.3. The van der Waals surface area contributed by atoms with Crippen molar-refractivity contribution in [2.24, 2.45) is 0 Å². The highest BCUT2D eigenvalue weighted by Gasteiger charge is 2.03. The molecular weight excluding hydrogens is 154 g/mol. The van der Waals surface area contributed by atoms with Crippen LogP contribution in [0.4, 0.5) is 5.82 Å². The average Bonchev–Trinajstić information content (AvgIpc) is 1.96. The number of anilines is 1. The van der Waals surface area contributed by atoms with Gasteiger partial charge in [-0.05, 0) is 26.2 Å². The minimum Gasteiger partial charge on any atom is -0.506 e. The molecule has 0 saturated carbocycles. The first-order valence-corrected chi connectivity index (χ1v) is 3.68. The Bertz CT molecular complexity index is 273. The predicted molar refractivity (Wildman–Crippen MR) is 47.7 cm³/mol. The Morgan fingerprint density at radius 1 is 1.50 bits per heavy atom. The highest BCUT2D eigenvalue weighted by molar-refractivity contribution is 5.37. The van der Waals surface area contributed by atoms with Crippen LogP contribution in [-0.4, -0.2) is 29.1 Å². The third-order valence-electron chi connectivity index (χ3n) is 1.44. The summed E-state index contributed by atoms with van der Waals surface area (Å²) >= 11 is 0. The SMILES string of the molecule is CN(C)Cc1nc(N)ccc1O. The number of pyridine rings is 1. The van der Waals surface area contributed by atoms with Crippen molar-refractivity contribution in [3.63, 3.8) is 0 Å². The summed E-state index contributed by atoms with van der Waals surface area (Å²) in [7, 11) is 3.81. The van der Waals surface area contributed by atoms with E-state index in [4.69, 9.17) is 5.73 Å². The van der Waals surface area contributed by atoms with Gasteiger partial charge in [0.15, 0.2) is 0 Å². The average molecular weight is 167 g/mol. The van der Waals surface area contributed by atoms with E-state index in [1.807, 2.05) is 19.0 Å². The van der Waals surface area contributed by atoms with Crippen molar-refractivity contribution in [3.8, 4) is 5.75 Å². The lowest BCUT2D eigenvalue weighted by Crippen LogP contribution is -2.12. The highest BCUT2D eigenvalue weighted by Crippen LogP contribution is 2.16. The molecule has 0 aliphatic carbocycles. The molecule has 0 unspecified atom stereocenters. The molecule has 0 aliphatic rings. The van der Waals surface area contributed by atoms with Crippen LogP contribution in [0.1, 0.15) is 5.69 Å². The number of nitrogens with zero attached hydrogens (tertiary/aromatic N) is 2. The molecule has 0 bridgehead atoms. The maximum Gasteiger partial charge on any atom is 0.138 e. The Labute approximate surface area is 71.6 Å². The molecule has 12 heavy (non-hydrogen) atoms. The summed E-state index contributed by atoms with van der Waals surface area (Å²) in [5.74, 6) is 0.627. The van der Waals surface area contributed by atoms with Gasteiger partial charge in [-0.3, -0.25) is 0 Å². The Kier molecular flexibility index (Phi) is 2.50. The van der Waals surface area contributed by atoms with Crippen molar-refractivity contribution in [1.82, 2.24) is 9.88 Å². The summed E-state index contributed by atoms with van der Waals surface area (Å²) in [6.45, 7) is 0.594. The van der Waals surface area contributed by atoms with E-state index in [0.29, 0.717) is 18.1 Å². The number of hydrogen-bond donors (Lipinski definition) is 2. The zero-order chi connectivity index (χ0) is 9.14. The Morgan fingerprint density at radius 2 is 2.17 bits per heavy atom. The second kappa shape index (κ2) is 3.40. The zero-order valence-electron chi connectivity index (χ0n) is 7.28. The summed E-state index contributed by atoms with van der Waals surface area (Å²) in [6, 6.07) is 3.13. The van der Waals surface area contributed by atoms with Gasteiger partial charge in [-0.25, -0.2) is 4.98 Å². The molecule has 3 N–H and O–H groups in total. The zero-order valence-corrected chi connectivity index (χ0v) is 7.28. The van der Waals surface area contributed by atoms with Crippen molar-refractivity contribution in [1.29, 1.82) is 0 Å². The van der Waals surface area contributed by atoms with Crippen LogP contribution in [0.5, 0.6) is 5.75 Å². The largest absolute Gasteiger partial charge is 0.506 e. The van der Waals surface area contributed by atoms with Gasteiger partial charge in [-0.1, -0.05) is 0 Å². The second-order valence-electron chi connectivity index (χ2n) is 2.94. The Balaban J connectivity index is 2.90. The van der Waals surface area contributed by atoms with Gasteiger partial charge >= 0.3 is 0 Å². The number of aromatic hydroxyl groups is 1. The van der Waals surface area contributed by atoms with Gasteiger partial charge in [-0.15, -0.1) is 0 Å². The van der Waals surface area contributed by atoms with Gasteiger partial charge in [0.1, 0.15) is 11.6 Å². The molecule has 0 radical (unpaired) electrons. The minimum absolute atomic E-state index is 0.193. The van der Waals surface area contributed by atoms with Gasteiger partial charge in [0.2, 0.25) is 0 Å². The topological polar surface area (TPSA) is 62.4 Å². The third-order valence-corrected chi connectivity index (χ3v) is 1.44. The molecule has 4 heteroatoms. The van der Waals surface area contributed by atoms with E-state index in [1.165, 1.54) is 0 Å². The normalized spacial score (nSPS) is 10.6. The molecule has 4 nitrogen and oxygen atoms in total. The number of rotatable bonds is 2. The van der Waals surface area contributed by atoms with Gasteiger partial charge < -0.3 is 15.7 Å². The van der Waals surface area contributed by atoms with E-state index in [9.17, 15) is 5.11 Å². The number of nitrogen functional groups attached to an aromatic ring is 1. The first kappa shape index (κ1) is 8.80. The minimum atomic E-state index is 0.193. The van der Waals surface area contributed by atoms with Crippen LogP contribution in [0, 0.1) is 0 Å². The van der Waals surface area contributed by atoms with Crippen LogP contribution in [0.25, 0.3) is 0 Å². The van der Waals surface area contributed by atoms with E-state index >= 15 is 0 Å². The Hall–Kier alpha value is -1.29. The molecule has 0 spiro atoms. The van der Waals surface area contributed by atoms with E-state index in [0.717, 1.165) is 0 Å². The van der Waals surface area contributed by atoms with Gasteiger partial charge in [0.05, 0.1) is 5.69 Å². The molecule has 0 amide bonds. The standard InChI is InChI=1S/C8H13N3O/c1-11(2)5-6-7(12)3-4-8(9)10-6/h3-4,12H,5H2,1-2H3,(H2,9,10). The quantitative estimate of drug-likeness (QED) is 0.670. The fraction of sp³-hybridized carbons (Fsp3) is 0.375. The first-order valence-electron chi connectivity index (χ1n) is 3.68. The van der Waals surface area contributed by atoms with Crippen LogP contribution >= 0.6 is 0 Å². The van der Waals surface area contributed by atoms with Crippen LogP contribution in [0.2, 0.25) is 0 Å². The van der Waals surface area contributed by atoms with Crippen LogP contribution in [0.15, 0.2) is 12.1 Å². The van der Waals surface area contributed by atoms with Crippen LogP contribution < -0.4 is 5.73 Å². The third kappa shape index (κ3) is 2.10. The molecule has 1 aromatic rings. The summed E-state index contributed by atoms with van der Waals surface area (Å²) in [4.78, 5) is 5.92.